The summed E-state index contributed by atoms with van der Waals surface area (Å²) in [6.45, 7) is 2.55. The first-order valence-corrected chi connectivity index (χ1v) is 6.20. The van der Waals surface area contributed by atoms with Crippen molar-refractivity contribution < 1.29 is 9.32 Å². The molecule has 3 rings (SSSR count). The Bertz CT molecular complexity index is 588. The zero-order valence-corrected chi connectivity index (χ0v) is 10.6. The molecule has 0 spiro atoms. The van der Waals surface area contributed by atoms with Gasteiger partial charge in [0.15, 0.2) is 0 Å². The number of rotatable bonds is 2. The van der Waals surface area contributed by atoms with Gasteiger partial charge in [-0.15, -0.1) is 0 Å². The molecule has 2 amide bonds. The third-order valence-corrected chi connectivity index (χ3v) is 3.16. The number of fused-ring (bicyclic) bond motifs is 1. The molecule has 7 nitrogen and oxygen atoms in total. The summed E-state index contributed by atoms with van der Waals surface area (Å²) in [4.78, 5) is 15.9. The first kappa shape index (κ1) is 11.8. The van der Waals surface area contributed by atoms with Gasteiger partial charge in [0.05, 0.1) is 12.0 Å². The Labute approximate surface area is 110 Å². The maximum absolute atomic E-state index is 11.8. The van der Waals surface area contributed by atoms with Gasteiger partial charge in [0.25, 0.3) is 0 Å². The molecule has 0 aliphatic carbocycles. The number of urea groups is 1. The van der Waals surface area contributed by atoms with E-state index >= 15 is 0 Å². The van der Waals surface area contributed by atoms with Crippen LogP contribution in [0.15, 0.2) is 23.1 Å². The fourth-order valence-corrected chi connectivity index (χ4v) is 2.25. The minimum Gasteiger partial charge on any atom is -0.338 e. The summed E-state index contributed by atoms with van der Waals surface area (Å²) in [5.41, 5.74) is 1.94. The van der Waals surface area contributed by atoms with E-state index < -0.39 is 0 Å². The molecule has 1 aliphatic rings. The molecule has 1 unspecified atom stereocenters. The topological polar surface area (TPSA) is 85.0 Å². The number of anilines is 1. The molecule has 0 saturated carbocycles. The van der Waals surface area contributed by atoms with Crippen LogP contribution in [0.25, 0.3) is 0 Å². The van der Waals surface area contributed by atoms with E-state index in [0.717, 1.165) is 25.1 Å². The molecular formula is C12H15N5O2. The molecule has 19 heavy (non-hydrogen) atoms. The molecule has 3 heterocycles. The third kappa shape index (κ3) is 2.59. The van der Waals surface area contributed by atoms with E-state index in [9.17, 15) is 4.79 Å². The average molecular weight is 261 g/mol. The Kier molecular flexibility index (Phi) is 2.94. The molecule has 100 valence electrons. The molecule has 7 heteroatoms. The van der Waals surface area contributed by atoms with Crippen molar-refractivity contribution in [2.24, 2.45) is 0 Å². The average Bonchev–Trinajstić information content (AvgIpc) is 2.97. The fraction of sp³-hybridized carbons (Fsp3) is 0.417. The van der Waals surface area contributed by atoms with Crippen LogP contribution in [-0.2, 0) is 13.0 Å². The molecule has 0 fully saturated rings. The Hall–Kier alpha value is -2.31. The van der Waals surface area contributed by atoms with Crippen LogP contribution in [0, 0.1) is 6.92 Å². The summed E-state index contributed by atoms with van der Waals surface area (Å²) in [5, 5.41) is 9.25. The minimum atomic E-state index is -0.273. The maximum Gasteiger partial charge on any atom is 0.321 e. The number of imidazole rings is 1. The smallest absolute Gasteiger partial charge is 0.321 e. The summed E-state index contributed by atoms with van der Waals surface area (Å²) in [7, 11) is 0. The van der Waals surface area contributed by atoms with Crippen LogP contribution < -0.4 is 10.6 Å². The van der Waals surface area contributed by atoms with Crippen LogP contribution in [0.1, 0.15) is 17.8 Å². The third-order valence-electron chi connectivity index (χ3n) is 3.16. The normalized spacial score (nSPS) is 17.8. The highest BCUT2D eigenvalue weighted by Gasteiger charge is 2.20. The number of amides is 2. The van der Waals surface area contributed by atoms with Gasteiger partial charge in [-0.05, 0) is 19.8 Å². The molecular weight excluding hydrogens is 246 g/mol. The van der Waals surface area contributed by atoms with Crippen molar-refractivity contribution in [1.82, 2.24) is 20.0 Å². The fourth-order valence-electron chi connectivity index (χ4n) is 2.25. The van der Waals surface area contributed by atoms with Crippen molar-refractivity contribution in [2.75, 3.05) is 5.32 Å². The highest BCUT2D eigenvalue weighted by Crippen LogP contribution is 2.14. The second kappa shape index (κ2) is 4.75. The Morgan fingerprint density at radius 3 is 3.26 bits per heavy atom. The standard InChI is InChI=1S/C12H15N5O2/c1-8-4-11(19-16-8)15-12(18)14-9-2-3-10-5-13-7-17(10)6-9/h4-5,7,9H,2-3,6H2,1H3,(H2,14,15,18). The molecule has 0 aromatic carbocycles. The van der Waals surface area contributed by atoms with E-state index in [1.165, 1.54) is 5.69 Å². The first-order chi connectivity index (χ1) is 9.20. The van der Waals surface area contributed by atoms with Gasteiger partial charge in [0.1, 0.15) is 0 Å². The number of aromatic nitrogens is 3. The van der Waals surface area contributed by atoms with Crippen LogP contribution in [0.5, 0.6) is 0 Å². The lowest BCUT2D eigenvalue weighted by molar-refractivity contribution is 0.243. The van der Waals surface area contributed by atoms with Crippen molar-refractivity contribution in [2.45, 2.75) is 32.4 Å². The van der Waals surface area contributed by atoms with Crippen LogP contribution in [-0.4, -0.2) is 26.8 Å². The van der Waals surface area contributed by atoms with Crippen molar-refractivity contribution in [3.8, 4) is 0 Å². The van der Waals surface area contributed by atoms with E-state index in [0.29, 0.717) is 5.88 Å². The SMILES string of the molecule is Cc1cc(NC(=O)NC2CCc3cncn3C2)on1. The second-order valence-electron chi connectivity index (χ2n) is 4.70. The molecule has 2 aromatic heterocycles. The summed E-state index contributed by atoms with van der Waals surface area (Å²) in [6.07, 6.45) is 5.50. The van der Waals surface area contributed by atoms with Gasteiger partial charge in [-0.3, -0.25) is 5.32 Å². The van der Waals surface area contributed by atoms with E-state index in [1.807, 2.05) is 6.20 Å². The molecule has 0 saturated heterocycles. The lowest BCUT2D eigenvalue weighted by atomic mass is 10.1. The van der Waals surface area contributed by atoms with Crippen molar-refractivity contribution in [1.29, 1.82) is 0 Å². The van der Waals surface area contributed by atoms with Gasteiger partial charge in [-0.1, -0.05) is 5.16 Å². The Morgan fingerprint density at radius 1 is 1.58 bits per heavy atom. The molecule has 0 bridgehead atoms. The zero-order chi connectivity index (χ0) is 13.2. The van der Waals surface area contributed by atoms with Crippen LogP contribution >= 0.6 is 0 Å². The largest absolute Gasteiger partial charge is 0.338 e. The molecule has 2 aromatic rings. The van der Waals surface area contributed by atoms with Crippen LogP contribution in [0.2, 0.25) is 0 Å². The Morgan fingerprint density at radius 2 is 2.47 bits per heavy atom. The highest BCUT2D eigenvalue weighted by molar-refractivity contribution is 5.87. The summed E-state index contributed by atoms with van der Waals surface area (Å²) >= 11 is 0. The van der Waals surface area contributed by atoms with Gasteiger partial charge in [0.2, 0.25) is 5.88 Å². The van der Waals surface area contributed by atoms with Crippen molar-refractivity contribution >= 4 is 11.9 Å². The second-order valence-corrected chi connectivity index (χ2v) is 4.70. The van der Waals surface area contributed by atoms with Gasteiger partial charge < -0.3 is 14.4 Å². The van der Waals surface area contributed by atoms with E-state index in [2.05, 4.69) is 25.3 Å². The number of carbonyl (C=O) groups is 1. The van der Waals surface area contributed by atoms with Crippen LogP contribution in [0.4, 0.5) is 10.7 Å². The van der Waals surface area contributed by atoms with E-state index in [1.54, 1.807) is 19.3 Å². The minimum absolute atomic E-state index is 0.103. The number of carbonyl (C=O) groups excluding carboxylic acids is 1. The Balaban J connectivity index is 1.56. The highest BCUT2D eigenvalue weighted by atomic mass is 16.5. The molecule has 1 aliphatic heterocycles. The monoisotopic (exact) mass is 261 g/mol. The van der Waals surface area contributed by atoms with Gasteiger partial charge in [-0.2, -0.15) is 0 Å². The number of nitrogens with one attached hydrogen (secondary N) is 2. The maximum atomic E-state index is 11.8. The zero-order valence-electron chi connectivity index (χ0n) is 10.6. The van der Waals surface area contributed by atoms with Crippen LogP contribution in [0.3, 0.4) is 0 Å². The summed E-state index contributed by atoms with van der Waals surface area (Å²) in [5.74, 6) is 0.356. The number of aryl methyl sites for hydroxylation is 2. The number of hydrogen-bond acceptors (Lipinski definition) is 4. The predicted molar refractivity (Wildman–Crippen MR) is 67.7 cm³/mol. The van der Waals surface area contributed by atoms with Gasteiger partial charge in [0, 0.05) is 30.5 Å². The predicted octanol–water partition coefficient (Wildman–Crippen LogP) is 1.32. The molecule has 2 N–H and O–H groups in total. The number of hydrogen-bond donors (Lipinski definition) is 2. The van der Waals surface area contributed by atoms with E-state index in [-0.39, 0.29) is 12.1 Å². The van der Waals surface area contributed by atoms with Crippen molar-refractivity contribution in [3.63, 3.8) is 0 Å². The first-order valence-electron chi connectivity index (χ1n) is 6.20. The van der Waals surface area contributed by atoms with E-state index in [4.69, 9.17) is 4.52 Å². The quantitative estimate of drug-likeness (QED) is 0.853. The summed E-state index contributed by atoms with van der Waals surface area (Å²) < 4.78 is 6.99. The molecule has 1 atom stereocenters. The number of nitrogens with zero attached hydrogens (tertiary/aromatic N) is 3. The van der Waals surface area contributed by atoms with Crippen molar-refractivity contribution in [3.05, 3.63) is 30.0 Å². The molecule has 0 radical (unpaired) electrons. The lowest BCUT2D eigenvalue weighted by Gasteiger charge is -2.24. The summed E-state index contributed by atoms with van der Waals surface area (Å²) in [6, 6.07) is 1.50. The van der Waals surface area contributed by atoms with Gasteiger partial charge in [-0.25, -0.2) is 9.78 Å². The lowest BCUT2D eigenvalue weighted by Crippen LogP contribution is -2.42. The van der Waals surface area contributed by atoms with Gasteiger partial charge >= 0.3 is 6.03 Å².